The maximum absolute atomic E-state index is 12.3. The van der Waals surface area contributed by atoms with Gasteiger partial charge in [-0.05, 0) is 78.1 Å². The predicted octanol–water partition coefficient (Wildman–Crippen LogP) is 3.65. The number of hydrogen-bond donors (Lipinski definition) is 1. The monoisotopic (exact) mass is 351 g/mol. The lowest BCUT2D eigenvalue weighted by molar-refractivity contribution is 0.102. The van der Waals surface area contributed by atoms with Crippen LogP contribution in [0.15, 0.2) is 53.4 Å². The summed E-state index contributed by atoms with van der Waals surface area (Å²) in [4.78, 5) is 13.5. The van der Waals surface area contributed by atoms with E-state index in [1.165, 1.54) is 0 Å². The van der Waals surface area contributed by atoms with Crippen LogP contribution in [-0.4, -0.2) is 32.4 Å². The second-order valence-electron chi connectivity index (χ2n) is 5.94. The van der Waals surface area contributed by atoms with E-state index < -0.39 is 0 Å². The van der Waals surface area contributed by atoms with Crippen molar-refractivity contribution in [1.29, 1.82) is 0 Å². The molecule has 1 saturated carbocycles. The molecular formula is C18H17N5OS. The summed E-state index contributed by atoms with van der Waals surface area (Å²) in [5, 5.41) is 14.9. The lowest BCUT2D eigenvalue weighted by atomic mass is 10.1. The molecule has 0 radical (unpaired) electrons. The van der Waals surface area contributed by atoms with Crippen molar-refractivity contribution in [3.05, 3.63) is 54.1 Å². The summed E-state index contributed by atoms with van der Waals surface area (Å²) in [6, 6.07) is 15.6. The van der Waals surface area contributed by atoms with Gasteiger partial charge >= 0.3 is 0 Å². The third kappa shape index (κ3) is 3.41. The molecule has 2 aromatic carbocycles. The second kappa shape index (κ2) is 6.68. The zero-order valence-corrected chi connectivity index (χ0v) is 14.5. The SMILES string of the molecule is CSc1ccc(C(=O)Nc2ccc(-c3nnnn3C3CC3)cc2)cc1. The summed E-state index contributed by atoms with van der Waals surface area (Å²) < 4.78 is 1.88. The molecule has 0 aliphatic heterocycles. The smallest absolute Gasteiger partial charge is 0.255 e. The summed E-state index contributed by atoms with van der Waals surface area (Å²) in [5.41, 5.74) is 2.33. The minimum absolute atomic E-state index is 0.122. The summed E-state index contributed by atoms with van der Waals surface area (Å²) in [7, 11) is 0. The van der Waals surface area contributed by atoms with Gasteiger partial charge in [-0.3, -0.25) is 4.79 Å². The lowest BCUT2D eigenvalue weighted by Gasteiger charge is -2.07. The Morgan fingerprint density at radius 3 is 2.48 bits per heavy atom. The summed E-state index contributed by atoms with van der Waals surface area (Å²) in [6.45, 7) is 0. The number of anilines is 1. The zero-order chi connectivity index (χ0) is 17.2. The molecule has 0 unspecified atom stereocenters. The number of carbonyl (C=O) groups excluding carboxylic acids is 1. The van der Waals surface area contributed by atoms with E-state index in [1.54, 1.807) is 11.8 Å². The third-order valence-electron chi connectivity index (χ3n) is 4.14. The normalized spacial score (nSPS) is 13.6. The number of tetrazole rings is 1. The van der Waals surface area contributed by atoms with Gasteiger partial charge in [-0.15, -0.1) is 16.9 Å². The number of rotatable bonds is 5. The van der Waals surface area contributed by atoms with Crippen molar-refractivity contribution in [1.82, 2.24) is 20.2 Å². The molecule has 6 nitrogen and oxygen atoms in total. The molecule has 1 fully saturated rings. The quantitative estimate of drug-likeness (QED) is 0.710. The molecule has 4 rings (SSSR count). The highest BCUT2D eigenvalue weighted by Gasteiger charge is 2.28. The molecule has 3 aromatic rings. The first kappa shape index (κ1) is 15.8. The van der Waals surface area contributed by atoms with Crippen LogP contribution in [0.5, 0.6) is 0 Å². The molecular weight excluding hydrogens is 334 g/mol. The first-order valence-corrected chi connectivity index (χ1v) is 9.31. The maximum Gasteiger partial charge on any atom is 0.255 e. The Bertz CT molecular complexity index is 885. The molecule has 1 amide bonds. The number of carbonyl (C=O) groups is 1. The fourth-order valence-electron chi connectivity index (χ4n) is 2.60. The van der Waals surface area contributed by atoms with Crippen molar-refractivity contribution >= 4 is 23.4 Å². The number of nitrogens with zero attached hydrogens (tertiary/aromatic N) is 4. The Balaban J connectivity index is 1.48. The Labute approximate surface area is 149 Å². The number of hydrogen-bond acceptors (Lipinski definition) is 5. The van der Waals surface area contributed by atoms with Crippen LogP contribution in [0.25, 0.3) is 11.4 Å². The van der Waals surface area contributed by atoms with Crippen molar-refractivity contribution in [2.75, 3.05) is 11.6 Å². The molecule has 0 spiro atoms. The molecule has 1 N–H and O–H groups in total. The van der Waals surface area contributed by atoms with Crippen LogP contribution in [0.4, 0.5) is 5.69 Å². The van der Waals surface area contributed by atoms with Gasteiger partial charge in [0, 0.05) is 21.7 Å². The van der Waals surface area contributed by atoms with Crippen LogP contribution in [0.2, 0.25) is 0 Å². The molecule has 1 aliphatic rings. The Morgan fingerprint density at radius 1 is 1.12 bits per heavy atom. The molecule has 1 aromatic heterocycles. The number of nitrogens with one attached hydrogen (secondary N) is 1. The first-order chi connectivity index (χ1) is 12.2. The molecule has 7 heteroatoms. The van der Waals surface area contributed by atoms with Crippen LogP contribution in [0.1, 0.15) is 29.2 Å². The summed E-state index contributed by atoms with van der Waals surface area (Å²) >= 11 is 1.65. The van der Waals surface area contributed by atoms with Gasteiger partial charge in [-0.2, -0.15) is 0 Å². The first-order valence-electron chi connectivity index (χ1n) is 8.08. The van der Waals surface area contributed by atoms with Crippen LogP contribution < -0.4 is 5.32 Å². The topological polar surface area (TPSA) is 72.7 Å². The number of amides is 1. The van der Waals surface area contributed by atoms with Gasteiger partial charge in [-0.1, -0.05) is 0 Å². The van der Waals surface area contributed by atoms with Gasteiger partial charge in [0.05, 0.1) is 6.04 Å². The van der Waals surface area contributed by atoms with Crippen LogP contribution in [-0.2, 0) is 0 Å². The Morgan fingerprint density at radius 2 is 1.84 bits per heavy atom. The van der Waals surface area contributed by atoms with Gasteiger partial charge < -0.3 is 5.32 Å². The zero-order valence-electron chi connectivity index (χ0n) is 13.7. The second-order valence-corrected chi connectivity index (χ2v) is 6.82. The van der Waals surface area contributed by atoms with Gasteiger partial charge in [0.2, 0.25) is 0 Å². The highest BCUT2D eigenvalue weighted by atomic mass is 32.2. The van der Waals surface area contributed by atoms with Gasteiger partial charge in [0.25, 0.3) is 5.91 Å². The minimum atomic E-state index is -0.122. The number of aromatic nitrogens is 4. The minimum Gasteiger partial charge on any atom is -0.322 e. The predicted molar refractivity (Wildman–Crippen MR) is 97.7 cm³/mol. The van der Waals surface area contributed by atoms with Gasteiger partial charge in [-0.25, -0.2) is 4.68 Å². The highest BCUT2D eigenvalue weighted by molar-refractivity contribution is 7.98. The van der Waals surface area contributed by atoms with E-state index in [9.17, 15) is 4.79 Å². The largest absolute Gasteiger partial charge is 0.322 e. The molecule has 0 saturated heterocycles. The van der Waals surface area contributed by atoms with Gasteiger partial charge in [0.1, 0.15) is 0 Å². The van der Waals surface area contributed by atoms with Crippen molar-refractivity contribution in [3.8, 4) is 11.4 Å². The Kier molecular flexibility index (Phi) is 4.23. The van der Waals surface area contributed by atoms with Crippen LogP contribution in [0.3, 0.4) is 0 Å². The van der Waals surface area contributed by atoms with E-state index >= 15 is 0 Å². The summed E-state index contributed by atoms with van der Waals surface area (Å²) in [6.07, 6.45) is 4.26. The average molecular weight is 351 g/mol. The van der Waals surface area contributed by atoms with Crippen molar-refractivity contribution in [2.24, 2.45) is 0 Å². The molecule has 1 heterocycles. The number of benzene rings is 2. The molecule has 25 heavy (non-hydrogen) atoms. The number of thioether (sulfide) groups is 1. The van der Waals surface area contributed by atoms with Crippen molar-refractivity contribution < 1.29 is 4.79 Å². The van der Waals surface area contributed by atoms with Crippen LogP contribution in [0, 0.1) is 0 Å². The Hall–Kier alpha value is -2.67. The van der Waals surface area contributed by atoms with Crippen molar-refractivity contribution in [3.63, 3.8) is 0 Å². The molecule has 0 bridgehead atoms. The van der Waals surface area contributed by atoms with E-state index in [4.69, 9.17) is 0 Å². The fourth-order valence-corrected chi connectivity index (χ4v) is 3.01. The molecule has 126 valence electrons. The van der Waals surface area contributed by atoms with Crippen molar-refractivity contribution in [2.45, 2.75) is 23.8 Å². The average Bonchev–Trinajstić information content (AvgIpc) is 3.39. The third-order valence-corrected chi connectivity index (χ3v) is 4.88. The van der Waals surface area contributed by atoms with E-state index in [0.29, 0.717) is 11.6 Å². The molecule has 0 atom stereocenters. The van der Waals surface area contributed by atoms with E-state index in [0.717, 1.165) is 34.8 Å². The van der Waals surface area contributed by atoms with E-state index in [2.05, 4.69) is 20.8 Å². The van der Waals surface area contributed by atoms with Crippen LogP contribution >= 0.6 is 11.8 Å². The lowest BCUT2D eigenvalue weighted by Crippen LogP contribution is -2.11. The maximum atomic E-state index is 12.3. The van der Waals surface area contributed by atoms with E-state index in [1.807, 2.05) is 59.5 Å². The van der Waals surface area contributed by atoms with Gasteiger partial charge in [0.15, 0.2) is 5.82 Å². The standard InChI is InChI=1S/C18H17N5OS/c1-25-16-10-4-13(5-11-16)18(24)19-14-6-2-12(3-7-14)17-20-21-22-23(17)15-8-9-15/h2-7,10-11,15H,8-9H2,1H3,(H,19,24). The summed E-state index contributed by atoms with van der Waals surface area (Å²) in [5.74, 6) is 0.649. The van der Waals surface area contributed by atoms with E-state index in [-0.39, 0.29) is 5.91 Å². The fraction of sp³-hybridized carbons (Fsp3) is 0.222. The highest BCUT2D eigenvalue weighted by Crippen LogP contribution is 2.36. The molecule has 1 aliphatic carbocycles.